The molecule has 0 fully saturated rings. The first kappa shape index (κ1) is 18.0. The van der Waals surface area contributed by atoms with Crippen molar-refractivity contribution in [3.05, 3.63) is 64.7 Å². The molecule has 2 rings (SSSR count). The van der Waals surface area contributed by atoms with E-state index in [2.05, 4.69) is 5.32 Å². The summed E-state index contributed by atoms with van der Waals surface area (Å²) in [6.07, 6.45) is -0.0999. The number of carboxylic acid groups (broad SMARTS) is 1. The van der Waals surface area contributed by atoms with Crippen molar-refractivity contribution in [3.63, 3.8) is 0 Å². The van der Waals surface area contributed by atoms with Gasteiger partial charge in [0.25, 0.3) is 0 Å². The molecule has 2 aromatic rings. The van der Waals surface area contributed by atoms with E-state index < -0.39 is 11.9 Å². The zero-order valence-electron chi connectivity index (χ0n) is 13.6. The lowest BCUT2D eigenvalue weighted by molar-refractivity contribution is -0.144. The maximum atomic E-state index is 12.3. The third kappa shape index (κ3) is 4.36. The van der Waals surface area contributed by atoms with Gasteiger partial charge in [0.05, 0.1) is 5.92 Å². The molecule has 0 heterocycles. The smallest absolute Gasteiger partial charge is 0.307 e. The Bertz CT molecular complexity index is 731. The predicted octanol–water partition coefficient (Wildman–Crippen LogP) is 4.48. The molecule has 2 N–H and O–H groups in total. The average Bonchev–Trinajstić information content (AvgIpc) is 2.57. The van der Waals surface area contributed by atoms with Crippen LogP contribution < -0.4 is 5.32 Å². The van der Waals surface area contributed by atoms with Gasteiger partial charge in [-0.3, -0.25) is 9.59 Å². The number of benzene rings is 2. The summed E-state index contributed by atoms with van der Waals surface area (Å²) in [7, 11) is 0. The topological polar surface area (TPSA) is 66.4 Å². The van der Waals surface area contributed by atoms with Crippen molar-refractivity contribution in [2.75, 3.05) is 5.32 Å². The van der Waals surface area contributed by atoms with Crippen molar-refractivity contribution in [2.45, 2.75) is 26.2 Å². The molecule has 0 aliphatic heterocycles. The van der Waals surface area contributed by atoms with Gasteiger partial charge >= 0.3 is 5.97 Å². The van der Waals surface area contributed by atoms with Crippen molar-refractivity contribution in [3.8, 4) is 0 Å². The minimum Gasteiger partial charge on any atom is -0.481 e. The van der Waals surface area contributed by atoms with E-state index in [1.54, 1.807) is 25.1 Å². The minimum atomic E-state index is -0.982. The van der Waals surface area contributed by atoms with Gasteiger partial charge in [0.15, 0.2) is 0 Å². The fourth-order valence-corrected chi connectivity index (χ4v) is 2.79. The lowest BCUT2D eigenvalue weighted by Gasteiger charge is -2.20. The van der Waals surface area contributed by atoms with E-state index >= 15 is 0 Å². The molecule has 4 nitrogen and oxygen atoms in total. The molecule has 5 heteroatoms. The van der Waals surface area contributed by atoms with E-state index in [4.69, 9.17) is 11.6 Å². The van der Waals surface area contributed by atoms with Crippen LogP contribution in [0.1, 0.15) is 30.4 Å². The highest BCUT2D eigenvalue weighted by Gasteiger charge is 2.28. The zero-order chi connectivity index (χ0) is 17.7. The SMILES string of the molecule is Cc1c(Cl)cccc1NC(=O)C[C@@H](C(=O)O)[C@H](C)c1ccccc1. The largest absolute Gasteiger partial charge is 0.481 e. The summed E-state index contributed by atoms with van der Waals surface area (Å²) in [4.78, 5) is 23.9. The van der Waals surface area contributed by atoms with Gasteiger partial charge in [-0.05, 0) is 36.1 Å². The van der Waals surface area contributed by atoms with Gasteiger partial charge in [-0.1, -0.05) is 54.9 Å². The quantitative estimate of drug-likeness (QED) is 0.811. The highest BCUT2D eigenvalue weighted by Crippen LogP contribution is 2.28. The second kappa shape index (κ2) is 7.97. The molecule has 0 bridgehead atoms. The second-order valence-electron chi connectivity index (χ2n) is 5.81. The van der Waals surface area contributed by atoms with Crippen molar-refractivity contribution in [1.29, 1.82) is 0 Å². The van der Waals surface area contributed by atoms with Gasteiger partial charge < -0.3 is 10.4 Å². The molecular formula is C19H20ClNO3. The number of nitrogens with one attached hydrogen (secondary N) is 1. The Hall–Kier alpha value is -2.33. The molecule has 0 unspecified atom stereocenters. The second-order valence-corrected chi connectivity index (χ2v) is 6.22. The van der Waals surface area contributed by atoms with Gasteiger partial charge in [0.2, 0.25) is 5.91 Å². The van der Waals surface area contributed by atoms with Gasteiger partial charge in [-0.15, -0.1) is 0 Å². The minimum absolute atomic E-state index is 0.0999. The van der Waals surface area contributed by atoms with Crippen LogP contribution in [-0.2, 0) is 9.59 Å². The molecule has 0 aliphatic rings. The van der Waals surface area contributed by atoms with Crippen LogP contribution in [0.25, 0.3) is 0 Å². The fourth-order valence-electron chi connectivity index (χ4n) is 2.61. The Labute approximate surface area is 146 Å². The standard InChI is InChI=1S/C19H20ClNO3/c1-12(14-7-4-3-5-8-14)15(19(23)24)11-18(22)21-17-10-6-9-16(20)13(17)2/h3-10,12,15H,11H2,1-2H3,(H,21,22)(H,23,24)/t12-,15-/m1/s1. The third-order valence-corrected chi connectivity index (χ3v) is 4.60. The van der Waals surface area contributed by atoms with E-state index in [0.29, 0.717) is 10.7 Å². The summed E-state index contributed by atoms with van der Waals surface area (Å²) < 4.78 is 0. The van der Waals surface area contributed by atoms with Crippen LogP contribution in [0, 0.1) is 12.8 Å². The number of aliphatic carboxylic acids is 1. The van der Waals surface area contributed by atoms with Crippen molar-refractivity contribution >= 4 is 29.2 Å². The van der Waals surface area contributed by atoms with E-state index in [9.17, 15) is 14.7 Å². The zero-order valence-corrected chi connectivity index (χ0v) is 14.4. The molecule has 0 radical (unpaired) electrons. The van der Waals surface area contributed by atoms with Crippen molar-refractivity contribution < 1.29 is 14.7 Å². The number of hydrogen-bond acceptors (Lipinski definition) is 2. The maximum Gasteiger partial charge on any atom is 0.307 e. The molecule has 0 aromatic heterocycles. The van der Waals surface area contributed by atoms with Crippen LogP contribution in [-0.4, -0.2) is 17.0 Å². The fraction of sp³-hybridized carbons (Fsp3) is 0.263. The van der Waals surface area contributed by atoms with Gasteiger partial charge in [-0.2, -0.15) is 0 Å². The van der Waals surface area contributed by atoms with Crippen LogP contribution in [0.15, 0.2) is 48.5 Å². The Kier molecular flexibility index (Phi) is 5.99. The molecule has 1 amide bonds. The summed E-state index contributed by atoms with van der Waals surface area (Å²) in [6.45, 7) is 3.63. The lowest BCUT2D eigenvalue weighted by Crippen LogP contribution is -2.26. The monoisotopic (exact) mass is 345 g/mol. The lowest BCUT2D eigenvalue weighted by atomic mass is 9.85. The molecule has 0 aliphatic carbocycles. The first-order valence-corrected chi connectivity index (χ1v) is 8.10. The molecule has 24 heavy (non-hydrogen) atoms. The highest BCUT2D eigenvalue weighted by atomic mass is 35.5. The summed E-state index contributed by atoms with van der Waals surface area (Å²) >= 11 is 6.04. The van der Waals surface area contributed by atoms with Crippen LogP contribution >= 0.6 is 11.6 Å². The number of rotatable bonds is 6. The Balaban J connectivity index is 2.12. The average molecular weight is 346 g/mol. The molecule has 0 spiro atoms. The molecular weight excluding hydrogens is 326 g/mol. The Morgan fingerprint density at radius 3 is 2.42 bits per heavy atom. The van der Waals surface area contributed by atoms with Crippen LogP contribution in [0.4, 0.5) is 5.69 Å². The maximum absolute atomic E-state index is 12.3. The summed E-state index contributed by atoms with van der Waals surface area (Å²) in [5, 5.41) is 12.8. The Morgan fingerprint density at radius 2 is 1.79 bits per heavy atom. The number of hydrogen-bond donors (Lipinski definition) is 2. The third-order valence-electron chi connectivity index (χ3n) is 4.19. The van der Waals surface area contributed by atoms with Crippen LogP contribution in [0.5, 0.6) is 0 Å². The van der Waals surface area contributed by atoms with Crippen molar-refractivity contribution in [2.24, 2.45) is 5.92 Å². The van der Waals surface area contributed by atoms with Gasteiger partial charge in [0.1, 0.15) is 0 Å². The first-order valence-electron chi connectivity index (χ1n) is 7.73. The summed E-state index contributed by atoms with van der Waals surface area (Å²) in [5.74, 6) is -2.39. The van der Waals surface area contributed by atoms with Gasteiger partial charge in [-0.25, -0.2) is 0 Å². The number of halogens is 1. The van der Waals surface area contributed by atoms with E-state index in [1.165, 1.54) is 0 Å². The van der Waals surface area contributed by atoms with E-state index in [1.807, 2.05) is 37.3 Å². The normalized spacial score (nSPS) is 13.1. The highest BCUT2D eigenvalue weighted by molar-refractivity contribution is 6.31. The van der Waals surface area contributed by atoms with Crippen molar-refractivity contribution in [1.82, 2.24) is 0 Å². The molecule has 126 valence electrons. The number of anilines is 1. The van der Waals surface area contributed by atoms with Gasteiger partial charge in [0, 0.05) is 17.1 Å². The van der Waals surface area contributed by atoms with Crippen LogP contribution in [0.3, 0.4) is 0 Å². The molecule has 2 aromatic carbocycles. The molecule has 2 atom stereocenters. The molecule has 0 saturated carbocycles. The first-order chi connectivity index (χ1) is 11.4. The Morgan fingerprint density at radius 1 is 1.12 bits per heavy atom. The predicted molar refractivity (Wildman–Crippen MR) is 95.4 cm³/mol. The molecule has 0 saturated heterocycles. The number of carbonyl (C=O) groups excluding carboxylic acids is 1. The summed E-state index contributed by atoms with van der Waals surface area (Å²) in [5.41, 5.74) is 2.26. The van der Waals surface area contributed by atoms with E-state index in [-0.39, 0.29) is 18.2 Å². The number of carboxylic acids is 1. The number of carbonyl (C=O) groups is 2. The summed E-state index contributed by atoms with van der Waals surface area (Å²) in [6, 6.07) is 14.6. The van der Waals surface area contributed by atoms with E-state index in [0.717, 1.165) is 11.1 Å². The van der Waals surface area contributed by atoms with Crippen LogP contribution in [0.2, 0.25) is 5.02 Å². The number of amides is 1.